The lowest BCUT2D eigenvalue weighted by Crippen LogP contribution is -2.47. The lowest BCUT2D eigenvalue weighted by Gasteiger charge is -2.37. The smallest absolute Gasteiger partial charge is 0.412 e. The van der Waals surface area contributed by atoms with Gasteiger partial charge in [-0.25, -0.2) is 9.78 Å². The highest BCUT2D eigenvalue weighted by Gasteiger charge is 2.26. The second kappa shape index (κ2) is 10.9. The summed E-state index contributed by atoms with van der Waals surface area (Å²) < 4.78 is 11.4. The van der Waals surface area contributed by atoms with Crippen molar-refractivity contribution >= 4 is 22.8 Å². The lowest BCUT2D eigenvalue weighted by molar-refractivity contribution is 0.183. The molecule has 0 radical (unpaired) electrons. The number of piperazine rings is 1. The predicted molar refractivity (Wildman–Crippen MR) is 143 cm³/mol. The number of hydrogen-bond acceptors (Lipinski definition) is 7. The third-order valence-corrected chi connectivity index (χ3v) is 8.11. The van der Waals surface area contributed by atoms with Gasteiger partial charge in [0.2, 0.25) is 0 Å². The van der Waals surface area contributed by atoms with Crippen molar-refractivity contribution in [1.82, 2.24) is 20.2 Å². The Morgan fingerprint density at radius 3 is 2.68 bits per heavy atom. The van der Waals surface area contributed by atoms with Crippen molar-refractivity contribution in [2.45, 2.75) is 44.6 Å². The topological polar surface area (TPSA) is 79.8 Å². The zero-order chi connectivity index (χ0) is 25.0. The SMILES string of the molecule is O=C(NC1CCC(CCN2CCN(c3nccc4c3CCO4)CC2)CC1)Oc1ccnc2ccccc12. The van der Waals surface area contributed by atoms with Gasteiger partial charge in [0.15, 0.2) is 0 Å². The zero-order valence-corrected chi connectivity index (χ0v) is 21.3. The van der Waals surface area contributed by atoms with E-state index in [4.69, 9.17) is 9.47 Å². The maximum Gasteiger partial charge on any atom is 0.412 e. The lowest BCUT2D eigenvalue weighted by atomic mass is 9.84. The number of aromatic nitrogens is 2. The minimum absolute atomic E-state index is 0.185. The fourth-order valence-electron chi connectivity index (χ4n) is 5.97. The molecule has 3 aliphatic rings. The second-order valence-electron chi connectivity index (χ2n) is 10.4. The summed E-state index contributed by atoms with van der Waals surface area (Å²) in [4.78, 5) is 26.6. The van der Waals surface area contributed by atoms with Crippen LogP contribution >= 0.6 is 0 Å². The standard InChI is InChI=1S/C29H35N5O3/c35-29(37-27-10-13-30-25-4-2-1-3-23(25)27)32-22-7-5-21(6-8-22)11-15-33-16-18-34(19-17-33)28-24-12-20-36-26(24)9-14-31-28/h1-4,9-10,13-14,21-22H,5-8,11-12,15-20H2,(H,32,35). The molecule has 1 amide bonds. The minimum Gasteiger partial charge on any atom is -0.493 e. The number of para-hydroxylation sites is 1. The van der Waals surface area contributed by atoms with Gasteiger partial charge in [-0.05, 0) is 68.8 Å². The molecule has 4 heterocycles. The Kier molecular flexibility index (Phi) is 7.08. The minimum atomic E-state index is -0.372. The third-order valence-electron chi connectivity index (χ3n) is 8.11. The van der Waals surface area contributed by atoms with Gasteiger partial charge in [0.05, 0.1) is 12.1 Å². The largest absolute Gasteiger partial charge is 0.493 e. The van der Waals surface area contributed by atoms with Crippen LogP contribution in [0.3, 0.4) is 0 Å². The fourth-order valence-corrected chi connectivity index (χ4v) is 5.97. The van der Waals surface area contributed by atoms with E-state index < -0.39 is 0 Å². The molecule has 0 bridgehead atoms. The number of benzene rings is 1. The normalized spacial score (nSPS) is 21.9. The van der Waals surface area contributed by atoms with Crippen molar-refractivity contribution < 1.29 is 14.3 Å². The second-order valence-corrected chi connectivity index (χ2v) is 10.4. The van der Waals surface area contributed by atoms with Crippen LogP contribution in [0, 0.1) is 5.92 Å². The Bertz CT molecular complexity index is 1230. The van der Waals surface area contributed by atoms with Crippen molar-refractivity contribution in [3.8, 4) is 11.5 Å². The number of fused-ring (bicyclic) bond motifs is 2. The number of ether oxygens (including phenoxy) is 2. The van der Waals surface area contributed by atoms with Crippen molar-refractivity contribution in [1.29, 1.82) is 0 Å². The Morgan fingerprint density at radius 2 is 1.81 bits per heavy atom. The van der Waals surface area contributed by atoms with E-state index in [9.17, 15) is 4.79 Å². The fraction of sp³-hybridized carbons (Fsp3) is 0.483. The van der Waals surface area contributed by atoms with Gasteiger partial charge in [0.25, 0.3) is 0 Å². The summed E-state index contributed by atoms with van der Waals surface area (Å²) in [6.07, 6.45) is 9.71. The van der Waals surface area contributed by atoms with Crippen LogP contribution in [0.1, 0.15) is 37.7 Å². The molecule has 6 rings (SSSR count). The highest BCUT2D eigenvalue weighted by atomic mass is 16.6. The molecular formula is C29H35N5O3. The first-order chi connectivity index (χ1) is 18.2. The summed E-state index contributed by atoms with van der Waals surface area (Å²) in [5, 5.41) is 3.93. The van der Waals surface area contributed by atoms with Gasteiger partial charge in [-0.2, -0.15) is 0 Å². The molecule has 0 atom stereocenters. The van der Waals surface area contributed by atoms with E-state index in [0.29, 0.717) is 5.75 Å². The van der Waals surface area contributed by atoms with Crippen LogP contribution in [0.25, 0.3) is 10.9 Å². The van der Waals surface area contributed by atoms with E-state index in [2.05, 4.69) is 25.1 Å². The molecule has 1 N–H and O–H groups in total. The number of anilines is 1. The average molecular weight is 502 g/mol. The molecule has 194 valence electrons. The molecule has 8 nitrogen and oxygen atoms in total. The molecule has 0 unspecified atom stereocenters. The molecule has 37 heavy (non-hydrogen) atoms. The first-order valence-corrected chi connectivity index (χ1v) is 13.6. The van der Waals surface area contributed by atoms with E-state index in [-0.39, 0.29) is 12.1 Å². The van der Waals surface area contributed by atoms with Crippen LogP contribution in [-0.2, 0) is 6.42 Å². The Hall–Kier alpha value is -3.39. The maximum absolute atomic E-state index is 12.6. The molecule has 2 fully saturated rings. The molecule has 0 spiro atoms. The van der Waals surface area contributed by atoms with E-state index >= 15 is 0 Å². The number of hydrogen-bond donors (Lipinski definition) is 1. The van der Waals surface area contributed by atoms with Crippen LogP contribution in [0.15, 0.2) is 48.8 Å². The predicted octanol–water partition coefficient (Wildman–Crippen LogP) is 4.42. The zero-order valence-electron chi connectivity index (χ0n) is 21.3. The first kappa shape index (κ1) is 24.0. The van der Waals surface area contributed by atoms with E-state index in [0.717, 1.165) is 99.8 Å². The molecule has 1 aromatic carbocycles. The average Bonchev–Trinajstić information content (AvgIpc) is 3.43. The number of pyridine rings is 2. The van der Waals surface area contributed by atoms with Gasteiger partial charge >= 0.3 is 6.09 Å². The van der Waals surface area contributed by atoms with Crippen LogP contribution < -0.4 is 19.7 Å². The Labute approximate surface area is 218 Å². The highest BCUT2D eigenvalue weighted by Crippen LogP contribution is 2.33. The molecule has 1 saturated carbocycles. The molecule has 8 heteroatoms. The highest BCUT2D eigenvalue weighted by molar-refractivity contribution is 5.87. The summed E-state index contributed by atoms with van der Waals surface area (Å²) in [5.74, 6) is 3.41. The van der Waals surface area contributed by atoms with Crippen LogP contribution in [0.5, 0.6) is 11.5 Å². The van der Waals surface area contributed by atoms with E-state index in [1.807, 2.05) is 36.5 Å². The van der Waals surface area contributed by atoms with Crippen LogP contribution in [0.2, 0.25) is 0 Å². The number of rotatable bonds is 6. The van der Waals surface area contributed by atoms with Gasteiger partial charge in [-0.15, -0.1) is 0 Å². The number of nitrogens with one attached hydrogen (secondary N) is 1. The summed E-state index contributed by atoms with van der Waals surface area (Å²) in [6, 6.07) is 11.6. The van der Waals surface area contributed by atoms with Gasteiger partial charge < -0.3 is 19.7 Å². The van der Waals surface area contributed by atoms with Crippen molar-refractivity contribution in [3.05, 3.63) is 54.4 Å². The van der Waals surface area contributed by atoms with Gasteiger partial charge in [0.1, 0.15) is 17.3 Å². The maximum atomic E-state index is 12.6. The van der Waals surface area contributed by atoms with Crippen LogP contribution in [-0.4, -0.2) is 66.3 Å². The third kappa shape index (κ3) is 5.49. The molecule has 2 aromatic heterocycles. The Balaban J connectivity index is 0.915. The molecule has 1 aliphatic carbocycles. The van der Waals surface area contributed by atoms with Gasteiger partial charge in [-0.1, -0.05) is 12.1 Å². The van der Waals surface area contributed by atoms with Crippen molar-refractivity contribution in [3.63, 3.8) is 0 Å². The number of nitrogens with zero attached hydrogens (tertiary/aromatic N) is 4. The van der Waals surface area contributed by atoms with Crippen molar-refractivity contribution in [2.24, 2.45) is 5.92 Å². The number of amides is 1. The summed E-state index contributed by atoms with van der Waals surface area (Å²) in [6.45, 7) is 6.13. The molecule has 2 aliphatic heterocycles. The van der Waals surface area contributed by atoms with Gasteiger partial charge in [-0.3, -0.25) is 9.88 Å². The van der Waals surface area contributed by atoms with E-state index in [1.165, 1.54) is 12.0 Å². The number of carbonyl (C=O) groups is 1. The quantitative estimate of drug-likeness (QED) is 0.535. The first-order valence-electron chi connectivity index (χ1n) is 13.6. The van der Waals surface area contributed by atoms with Crippen LogP contribution in [0.4, 0.5) is 10.6 Å². The van der Waals surface area contributed by atoms with E-state index in [1.54, 1.807) is 12.3 Å². The Morgan fingerprint density at radius 1 is 1.00 bits per heavy atom. The molecule has 1 saturated heterocycles. The van der Waals surface area contributed by atoms with Crippen molar-refractivity contribution in [2.75, 3.05) is 44.2 Å². The molecule has 3 aromatic rings. The summed E-state index contributed by atoms with van der Waals surface area (Å²) in [7, 11) is 0. The molecular weight excluding hydrogens is 466 g/mol. The van der Waals surface area contributed by atoms with Gasteiger partial charge in [0, 0.05) is 62.0 Å². The summed E-state index contributed by atoms with van der Waals surface area (Å²) >= 11 is 0. The summed E-state index contributed by atoms with van der Waals surface area (Å²) in [5.41, 5.74) is 2.10. The monoisotopic (exact) mass is 501 g/mol. The number of carbonyl (C=O) groups excluding carboxylic acids is 1.